The molecule has 1 fully saturated rings. The van der Waals surface area contributed by atoms with E-state index in [1.807, 2.05) is 36.1 Å². The number of nitrogens with one attached hydrogen (secondary N) is 1. The van der Waals surface area contributed by atoms with Crippen LogP contribution in [0.25, 0.3) is 0 Å². The van der Waals surface area contributed by atoms with Crippen LogP contribution in [-0.4, -0.2) is 54.9 Å². The summed E-state index contributed by atoms with van der Waals surface area (Å²) >= 11 is 6.13. The molecule has 1 aliphatic rings. The smallest absolute Gasteiger partial charge is 0.234 e. The highest BCUT2D eigenvalue weighted by Gasteiger charge is 2.22. The van der Waals surface area contributed by atoms with Gasteiger partial charge in [0.2, 0.25) is 5.91 Å². The van der Waals surface area contributed by atoms with E-state index in [0.29, 0.717) is 31.3 Å². The molecule has 2 rings (SSSR count). The molecule has 0 spiro atoms. The highest BCUT2D eigenvalue weighted by atomic mass is 35.5. The van der Waals surface area contributed by atoms with E-state index in [9.17, 15) is 4.79 Å². The second-order valence-corrected chi connectivity index (χ2v) is 5.63. The molecule has 0 bridgehead atoms. The molecule has 1 heterocycles. The van der Waals surface area contributed by atoms with Crippen LogP contribution in [0, 0.1) is 0 Å². The molecule has 2 atom stereocenters. The highest BCUT2D eigenvalue weighted by Crippen LogP contribution is 2.22. The molecule has 0 aromatic heterocycles. The van der Waals surface area contributed by atoms with Crippen LogP contribution in [0.5, 0.6) is 0 Å². The first-order chi connectivity index (χ1) is 10.1. The number of ether oxygens (including phenoxy) is 1. The van der Waals surface area contributed by atoms with Crippen molar-refractivity contribution in [2.75, 3.05) is 32.8 Å². The number of carbonyl (C=O) groups is 1. The van der Waals surface area contributed by atoms with Gasteiger partial charge in [-0.25, -0.2) is 0 Å². The summed E-state index contributed by atoms with van der Waals surface area (Å²) in [5, 5.41) is 12.7. The maximum absolute atomic E-state index is 12.1. The second kappa shape index (κ2) is 7.75. The van der Waals surface area contributed by atoms with Gasteiger partial charge in [-0.15, -0.1) is 0 Å². The van der Waals surface area contributed by atoms with E-state index in [0.717, 1.165) is 5.56 Å². The van der Waals surface area contributed by atoms with E-state index >= 15 is 0 Å². The molecule has 0 aliphatic carbocycles. The van der Waals surface area contributed by atoms with Crippen LogP contribution in [0.15, 0.2) is 24.3 Å². The maximum atomic E-state index is 12.1. The molecule has 21 heavy (non-hydrogen) atoms. The van der Waals surface area contributed by atoms with Gasteiger partial charge in [-0.3, -0.25) is 9.69 Å². The summed E-state index contributed by atoms with van der Waals surface area (Å²) in [5.74, 6) is -0.0546. The van der Waals surface area contributed by atoms with Crippen LogP contribution < -0.4 is 5.32 Å². The quantitative estimate of drug-likeness (QED) is 0.858. The molecule has 2 N–H and O–H groups in total. The molecule has 1 amide bonds. The lowest BCUT2D eigenvalue weighted by atomic mass is 10.1. The summed E-state index contributed by atoms with van der Waals surface area (Å²) in [7, 11) is 0. The van der Waals surface area contributed by atoms with Crippen LogP contribution in [0.4, 0.5) is 0 Å². The summed E-state index contributed by atoms with van der Waals surface area (Å²) in [5.41, 5.74) is 0.905. The second-order valence-electron chi connectivity index (χ2n) is 5.22. The van der Waals surface area contributed by atoms with Crippen molar-refractivity contribution in [3.63, 3.8) is 0 Å². The monoisotopic (exact) mass is 312 g/mol. The molecule has 1 aliphatic heterocycles. The molecule has 1 aromatic carbocycles. The average molecular weight is 313 g/mol. The zero-order valence-corrected chi connectivity index (χ0v) is 12.8. The largest absolute Gasteiger partial charge is 0.394 e. The number of hydrogen-bond donors (Lipinski definition) is 2. The third-order valence-electron chi connectivity index (χ3n) is 3.54. The number of nitrogens with zero attached hydrogens (tertiary/aromatic N) is 1. The number of morpholine rings is 1. The van der Waals surface area contributed by atoms with E-state index < -0.39 is 0 Å². The molecule has 0 radical (unpaired) electrons. The van der Waals surface area contributed by atoms with E-state index in [-0.39, 0.29) is 24.7 Å². The van der Waals surface area contributed by atoms with Crippen molar-refractivity contribution in [2.45, 2.75) is 19.1 Å². The summed E-state index contributed by atoms with van der Waals surface area (Å²) in [6.07, 6.45) is -0.201. The number of aliphatic hydroxyl groups excluding tert-OH is 1. The van der Waals surface area contributed by atoms with Gasteiger partial charge in [0.1, 0.15) is 0 Å². The number of hydrogen-bond acceptors (Lipinski definition) is 4. The van der Waals surface area contributed by atoms with Crippen LogP contribution >= 0.6 is 11.6 Å². The molecule has 0 saturated carbocycles. The Kier molecular flexibility index (Phi) is 5.99. The minimum Gasteiger partial charge on any atom is -0.394 e. The maximum Gasteiger partial charge on any atom is 0.234 e. The number of halogens is 1. The minimum atomic E-state index is -0.201. The van der Waals surface area contributed by atoms with Crippen LogP contribution in [0.1, 0.15) is 18.5 Å². The first kappa shape index (κ1) is 16.2. The van der Waals surface area contributed by atoms with Gasteiger partial charge in [-0.1, -0.05) is 29.8 Å². The van der Waals surface area contributed by atoms with Gasteiger partial charge in [0.05, 0.1) is 31.9 Å². The summed E-state index contributed by atoms with van der Waals surface area (Å²) < 4.78 is 5.36. The van der Waals surface area contributed by atoms with Gasteiger partial charge in [0.25, 0.3) is 0 Å². The van der Waals surface area contributed by atoms with Crippen molar-refractivity contribution < 1.29 is 14.6 Å². The number of benzene rings is 1. The lowest BCUT2D eigenvalue weighted by Crippen LogP contribution is -2.48. The Morgan fingerprint density at radius 2 is 2.33 bits per heavy atom. The summed E-state index contributed by atoms with van der Waals surface area (Å²) in [4.78, 5) is 14.1. The predicted molar refractivity (Wildman–Crippen MR) is 81.3 cm³/mol. The van der Waals surface area contributed by atoms with Gasteiger partial charge >= 0.3 is 0 Å². The van der Waals surface area contributed by atoms with Crippen molar-refractivity contribution in [2.24, 2.45) is 0 Å². The first-order valence-electron chi connectivity index (χ1n) is 7.08. The van der Waals surface area contributed by atoms with Crippen LogP contribution in [0.3, 0.4) is 0 Å². The highest BCUT2D eigenvalue weighted by molar-refractivity contribution is 6.31. The molecular formula is C15H21ClN2O3. The third-order valence-corrected chi connectivity index (χ3v) is 3.89. The van der Waals surface area contributed by atoms with Crippen molar-refractivity contribution in [1.82, 2.24) is 10.2 Å². The minimum absolute atomic E-state index is 0.0197. The van der Waals surface area contributed by atoms with E-state index in [2.05, 4.69) is 5.32 Å². The predicted octanol–water partition coefficient (Wildman–Crippen LogP) is 1.21. The first-order valence-corrected chi connectivity index (χ1v) is 7.46. The van der Waals surface area contributed by atoms with Gasteiger partial charge in [0, 0.05) is 18.1 Å². The fraction of sp³-hybridized carbons (Fsp3) is 0.533. The lowest BCUT2D eigenvalue weighted by Gasteiger charge is -2.31. The number of carbonyl (C=O) groups excluding carboxylic acids is 1. The van der Waals surface area contributed by atoms with Crippen molar-refractivity contribution >= 4 is 17.5 Å². The number of aliphatic hydroxyl groups is 1. The standard InChI is InChI=1S/C15H21ClN2O3/c1-11(13-4-2-3-5-14(13)16)17-15(20)9-18-6-7-21-12(8-18)10-19/h2-5,11-12,19H,6-10H2,1H3,(H,17,20). The van der Waals surface area contributed by atoms with Gasteiger partial charge < -0.3 is 15.2 Å². The molecule has 5 nitrogen and oxygen atoms in total. The number of amides is 1. The Bertz CT molecular complexity index is 484. The molecule has 1 aromatic rings. The van der Waals surface area contributed by atoms with Crippen molar-refractivity contribution in [3.8, 4) is 0 Å². The SMILES string of the molecule is CC(NC(=O)CN1CCOC(CO)C1)c1ccccc1Cl. The van der Waals surface area contributed by atoms with Crippen LogP contribution in [0.2, 0.25) is 5.02 Å². The topological polar surface area (TPSA) is 61.8 Å². The molecule has 116 valence electrons. The van der Waals surface area contributed by atoms with E-state index in [1.54, 1.807) is 0 Å². The summed E-state index contributed by atoms with van der Waals surface area (Å²) in [6, 6.07) is 7.35. The molecular weight excluding hydrogens is 292 g/mol. The normalized spacial score (nSPS) is 21.0. The van der Waals surface area contributed by atoms with Gasteiger partial charge in [0.15, 0.2) is 0 Å². The number of rotatable bonds is 5. The fourth-order valence-corrected chi connectivity index (χ4v) is 2.73. The van der Waals surface area contributed by atoms with Gasteiger partial charge in [-0.2, -0.15) is 0 Å². The Hall–Kier alpha value is -1.14. The molecule has 1 saturated heterocycles. The Labute approximate surface area is 129 Å². The average Bonchev–Trinajstić information content (AvgIpc) is 2.47. The van der Waals surface area contributed by atoms with E-state index in [4.69, 9.17) is 21.4 Å². The van der Waals surface area contributed by atoms with Gasteiger partial charge in [-0.05, 0) is 18.6 Å². The Balaban J connectivity index is 1.85. The van der Waals surface area contributed by atoms with Crippen molar-refractivity contribution in [3.05, 3.63) is 34.9 Å². The van der Waals surface area contributed by atoms with E-state index in [1.165, 1.54) is 0 Å². The zero-order chi connectivity index (χ0) is 15.2. The molecule has 6 heteroatoms. The van der Waals surface area contributed by atoms with Crippen LogP contribution in [-0.2, 0) is 9.53 Å². The summed E-state index contributed by atoms with van der Waals surface area (Å²) in [6.45, 7) is 4.01. The Morgan fingerprint density at radius 1 is 1.57 bits per heavy atom. The van der Waals surface area contributed by atoms with Crippen molar-refractivity contribution in [1.29, 1.82) is 0 Å². The third kappa shape index (κ3) is 4.68. The lowest BCUT2D eigenvalue weighted by molar-refractivity contribution is -0.125. The Morgan fingerprint density at radius 3 is 3.05 bits per heavy atom. The molecule has 2 unspecified atom stereocenters. The fourth-order valence-electron chi connectivity index (χ4n) is 2.43. The zero-order valence-electron chi connectivity index (χ0n) is 12.1.